The number of hydrogen-bond donors (Lipinski definition) is 1. The third-order valence-electron chi connectivity index (χ3n) is 3.64. The van der Waals surface area contributed by atoms with Crippen LogP contribution in [0.4, 0.5) is 4.79 Å². The van der Waals surface area contributed by atoms with Crippen molar-refractivity contribution in [2.24, 2.45) is 0 Å². The van der Waals surface area contributed by atoms with Crippen LogP contribution in [0.1, 0.15) is 20.3 Å². The van der Waals surface area contributed by atoms with E-state index in [2.05, 4.69) is 24.1 Å². The molecule has 1 N–H and O–H groups in total. The number of carbonyl (C=O) groups is 1. The first-order valence-corrected chi connectivity index (χ1v) is 7.33. The van der Waals surface area contributed by atoms with Crippen LogP contribution in [-0.2, 0) is 0 Å². The molecule has 0 saturated carbocycles. The fourth-order valence-electron chi connectivity index (χ4n) is 2.38. The molecule has 1 aromatic heterocycles. The number of para-hydroxylation sites is 1. The monoisotopic (exact) mass is 273 g/mol. The molecule has 0 bridgehead atoms. The summed E-state index contributed by atoms with van der Waals surface area (Å²) in [5.74, 6) is 0. The van der Waals surface area contributed by atoms with E-state index in [9.17, 15) is 4.79 Å². The maximum atomic E-state index is 12.1. The third-order valence-corrected chi connectivity index (χ3v) is 3.64. The molecule has 2 rings (SSSR count). The Labute approximate surface area is 120 Å². The number of aromatic nitrogens is 1. The minimum atomic E-state index is -0.0502. The van der Waals surface area contributed by atoms with E-state index >= 15 is 0 Å². The molecule has 0 spiro atoms. The highest BCUT2D eigenvalue weighted by Gasteiger charge is 2.07. The first-order chi connectivity index (χ1) is 9.76. The highest BCUT2D eigenvalue weighted by atomic mass is 16.2. The normalized spacial score (nSPS) is 11.2. The number of carbonyl (C=O) groups excluding carboxylic acids is 1. The van der Waals surface area contributed by atoms with Gasteiger partial charge in [-0.05, 0) is 38.2 Å². The van der Waals surface area contributed by atoms with Crippen molar-refractivity contribution in [1.29, 1.82) is 0 Å². The average molecular weight is 273 g/mol. The van der Waals surface area contributed by atoms with Gasteiger partial charge >= 0.3 is 6.03 Å². The van der Waals surface area contributed by atoms with E-state index in [1.807, 2.05) is 36.5 Å². The Kier molecular flexibility index (Phi) is 5.18. The van der Waals surface area contributed by atoms with Crippen molar-refractivity contribution in [3.63, 3.8) is 0 Å². The summed E-state index contributed by atoms with van der Waals surface area (Å²) < 4.78 is 1.67. The van der Waals surface area contributed by atoms with Gasteiger partial charge in [-0.25, -0.2) is 4.79 Å². The van der Waals surface area contributed by atoms with Crippen molar-refractivity contribution < 1.29 is 4.79 Å². The molecule has 0 aliphatic carbocycles. The van der Waals surface area contributed by atoms with E-state index in [4.69, 9.17) is 0 Å². The molecular weight excluding hydrogens is 250 g/mol. The van der Waals surface area contributed by atoms with Gasteiger partial charge in [0.25, 0.3) is 0 Å². The molecule has 1 aromatic carbocycles. The van der Waals surface area contributed by atoms with Gasteiger partial charge in [0.05, 0.1) is 5.52 Å². The number of fused-ring (bicyclic) bond motifs is 1. The molecule has 0 saturated heterocycles. The first kappa shape index (κ1) is 14.6. The fourth-order valence-corrected chi connectivity index (χ4v) is 2.38. The Morgan fingerprint density at radius 2 is 1.95 bits per heavy atom. The Balaban J connectivity index is 1.86. The van der Waals surface area contributed by atoms with Gasteiger partial charge in [-0.3, -0.25) is 4.57 Å². The highest BCUT2D eigenvalue weighted by Crippen LogP contribution is 2.14. The van der Waals surface area contributed by atoms with Crippen molar-refractivity contribution >= 4 is 16.9 Å². The SMILES string of the molecule is CCN(CC)CCCNC(=O)n1ccc2ccccc21. The quantitative estimate of drug-likeness (QED) is 0.822. The van der Waals surface area contributed by atoms with Gasteiger partial charge in [-0.1, -0.05) is 32.0 Å². The average Bonchev–Trinajstić information content (AvgIpc) is 2.91. The lowest BCUT2D eigenvalue weighted by Crippen LogP contribution is -2.32. The third kappa shape index (κ3) is 3.39. The molecule has 0 radical (unpaired) electrons. The molecule has 0 fully saturated rings. The summed E-state index contributed by atoms with van der Waals surface area (Å²) in [6.07, 6.45) is 2.80. The molecule has 2 aromatic rings. The molecule has 1 heterocycles. The fraction of sp³-hybridized carbons (Fsp3) is 0.438. The van der Waals surface area contributed by atoms with Crippen molar-refractivity contribution in [1.82, 2.24) is 14.8 Å². The second-order valence-corrected chi connectivity index (χ2v) is 4.86. The first-order valence-electron chi connectivity index (χ1n) is 7.33. The van der Waals surface area contributed by atoms with Gasteiger partial charge in [-0.15, -0.1) is 0 Å². The number of benzene rings is 1. The van der Waals surface area contributed by atoms with Crippen LogP contribution in [0.25, 0.3) is 10.9 Å². The van der Waals surface area contributed by atoms with Gasteiger partial charge in [0.2, 0.25) is 0 Å². The summed E-state index contributed by atoms with van der Waals surface area (Å²) in [6.45, 7) is 8.18. The second-order valence-electron chi connectivity index (χ2n) is 4.86. The van der Waals surface area contributed by atoms with Crippen LogP contribution >= 0.6 is 0 Å². The van der Waals surface area contributed by atoms with E-state index in [0.29, 0.717) is 6.54 Å². The zero-order valence-corrected chi connectivity index (χ0v) is 12.3. The van der Waals surface area contributed by atoms with Crippen LogP contribution < -0.4 is 5.32 Å². The van der Waals surface area contributed by atoms with E-state index in [-0.39, 0.29) is 6.03 Å². The number of rotatable bonds is 6. The lowest BCUT2D eigenvalue weighted by Gasteiger charge is -2.17. The van der Waals surface area contributed by atoms with Gasteiger partial charge < -0.3 is 10.2 Å². The van der Waals surface area contributed by atoms with Crippen LogP contribution in [0.5, 0.6) is 0 Å². The van der Waals surface area contributed by atoms with Crippen molar-refractivity contribution in [3.05, 3.63) is 36.5 Å². The highest BCUT2D eigenvalue weighted by molar-refractivity contribution is 5.91. The molecule has 1 amide bonds. The zero-order valence-electron chi connectivity index (χ0n) is 12.3. The Hall–Kier alpha value is -1.81. The van der Waals surface area contributed by atoms with Crippen LogP contribution in [0.15, 0.2) is 36.5 Å². The summed E-state index contributed by atoms with van der Waals surface area (Å²) in [7, 11) is 0. The van der Waals surface area contributed by atoms with E-state index in [1.165, 1.54) is 0 Å². The second kappa shape index (κ2) is 7.10. The minimum Gasteiger partial charge on any atom is -0.337 e. The summed E-state index contributed by atoms with van der Waals surface area (Å²) in [5.41, 5.74) is 0.953. The molecule has 0 unspecified atom stereocenters. The largest absolute Gasteiger partial charge is 0.337 e. The number of nitrogens with one attached hydrogen (secondary N) is 1. The number of nitrogens with zero attached hydrogens (tertiary/aromatic N) is 2. The molecule has 0 aliphatic heterocycles. The van der Waals surface area contributed by atoms with Crippen molar-refractivity contribution in [3.8, 4) is 0 Å². The summed E-state index contributed by atoms with van der Waals surface area (Å²) >= 11 is 0. The minimum absolute atomic E-state index is 0.0502. The molecule has 0 aliphatic rings. The predicted octanol–water partition coefficient (Wildman–Crippen LogP) is 2.93. The molecule has 108 valence electrons. The topological polar surface area (TPSA) is 37.3 Å². The van der Waals surface area contributed by atoms with Crippen LogP contribution in [0, 0.1) is 0 Å². The van der Waals surface area contributed by atoms with Crippen molar-refractivity contribution in [2.45, 2.75) is 20.3 Å². The lowest BCUT2D eigenvalue weighted by molar-refractivity contribution is 0.241. The maximum Gasteiger partial charge on any atom is 0.326 e. The molecular formula is C16H23N3O. The standard InChI is InChI=1S/C16H23N3O/c1-3-18(4-2)12-7-11-17-16(20)19-13-10-14-8-5-6-9-15(14)19/h5-6,8-10,13H,3-4,7,11-12H2,1-2H3,(H,17,20). The smallest absolute Gasteiger partial charge is 0.326 e. The predicted molar refractivity (Wildman–Crippen MR) is 83.1 cm³/mol. The summed E-state index contributed by atoms with van der Waals surface area (Å²) in [6, 6.07) is 9.82. The summed E-state index contributed by atoms with van der Waals surface area (Å²) in [5, 5.41) is 4.07. The van der Waals surface area contributed by atoms with Crippen LogP contribution in [0.3, 0.4) is 0 Å². The van der Waals surface area contributed by atoms with Gasteiger partial charge in [-0.2, -0.15) is 0 Å². The maximum absolute atomic E-state index is 12.1. The molecule has 4 heteroatoms. The van der Waals surface area contributed by atoms with E-state index in [0.717, 1.165) is 37.0 Å². The Bertz CT molecular complexity index is 558. The molecule has 4 nitrogen and oxygen atoms in total. The van der Waals surface area contributed by atoms with Gasteiger partial charge in [0.15, 0.2) is 0 Å². The Morgan fingerprint density at radius 3 is 2.70 bits per heavy atom. The number of amides is 1. The summed E-state index contributed by atoms with van der Waals surface area (Å²) in [4.78, 5) is 14.5. The van der Waals surface area contributed by atoms with Crippen LogP contribution in [-0.4, -0.2) is 41.7 Å². The van der Waals surface area contributed by atoms with Crippen molar-refractivity contribution in [2.75, 3.05) is 26.2 Å². The lowest BCUT2D eigenvalue weighted by atomic mass is 10.2. The van der Waals surface area contributed by atoms with E-state index in [1.54, 1.807) is 4.57 Å². The molecule has 20 heavy (non-hydrogen) atoms. The molecule has 0 atom stereocenters. The zero-order chi connectivity index (χ0) is 14.4. The Morgan fingerprint density at radius 1 is 1.20 bits per heavy atom. The van der Waals surface area contributed by atoms with Gasteiger partial charge in [0.1, 0.15) is 0 Å². The van der Waals surface area contributed by atoms with Gasteiger partial charge in [0, 0.05) is 18.1 Å². The number of hydrogen-bond acceptors (Lipinski definition) is 2. The van der Waals surface area contributed by atoms with Crippen LogP contribution in [0.2, 0.25) is 0 Å². The van der Waals surface area contributed by atoms with E-state index < -0.39 is 0 Å².